The highest BCUT2D eigenvalue weighted by molar-refractivity contribution is 14.0. The quantitative estimate of drug-likeness (QED) is 0.444. The second-order valence-corrected chi connectivity index (χ2v) is 5.09. The molecule has 0 heterocycles. The third-order valence-corrected chi connectivity index (χ3v) is 2.83. The lowest BCUT2D eigenvalue weighted by Gasteiger charge is -2.15. The third kappa shape index (κ3) is 6.65. The number of methoxy groups -OCH3 is 1. The fraction of sp³-hybridized carbons (Fsp3) is 0.500. The summed E-state index contributed by atoms with van der Waals surface area (Å²) < 4.78 is 5.31. The number of guanidine groups is 1. The fourth-order valence-corrected chi connectivity index (χ4v) is 1.73. The molecule has 0 amide bonds. The minimum absolute atomic E-state index is 0. The Balaban J connectivity index is 0.00000361. The Morgan fingerprint density at radius 2 is 2.05 bits per heavy atom. The Hall–Kier alpha value is -0.690. The lowest BCUT2D eigenvalue weighted by Crippen LogP contribution is -2.38. The van der Waals surface area contributed by atoms with Crippen LogP contribution in [-0.4, -0.2) is 26.7 Å². The van der Waals surface area contributed by atoms with Crippen LogP contribution in [-0.2, 0) is 6.54 Å². The second kappa shape index (κ2) is 10.1. The molecule has 1 aromatic carbocycles. The largest absolute Gasteiger partial charge is 0.496 e. The van der Waals surface area contributed by atoms with Crippen molar-refractivity contribution >= 4 is 41.5 Å². The van der Waals surface area contributed by atoms with E-state index in [0.29, 0.717) is 17.5 Å². The van der Waals surface area contributed by atoms with Crippen LogP contribution >= 0.6 is 35.6 Å². The second-order valence-electron chi connectivity index (χ2n) is 4.66. The average molecular weight is 412 g/mol. The summed E-state index contributed by atoms with van der Waals surface area (Å²) >= 11 is 5.93. The van der Waals surface area contributed by atoms with Gasteiger partial charge >= 0.3 is 0 Å². The number of rotatable bonds is 5. The lowest BCUT2D eigenvalue weighted by molar-refractivity contribution is 0.409. The van der Waals surface area contributed by atoms with Gasteiger partial charge in [-0.05, 0) is 18.1 Å². The molecule has 1 aromatic rings. The van der Waals surface area contributed by atoms with Crippen LogP contribution in [0.3, 0.4) is 0 Å². The van der Waals surface area contributed by atoms with Gasteiger partial charge in [0.15, 0.2) is 5.96 Å². The zero-order valence-corrected chi connectivity index (χ0v) is 15.5. The summed E-state index contributed by atoms with van der Waals surface area (Å²) in [5.74, 6) is 2.13. The van der Waals surface area contributed by atoms with E-state index in [1.807, 2.05) is 18.2 Å². The van der Waals surface area contributed by atoms with Crippen molar-refractivity contribution in [2.45, 2.75) is 20.4 Å². The molecular formula is C14H23ClIN3O. The van der Waals surface area contributed by atoms with Crippen LogP contribution in [0.1, 0.15) is 19.4 Å². The van der Waals surface area contributed by atoms with E-state index in [2.05, 4.69) is 29.5 Å². The van der Waals surface area contributed by atoms with Crippen molar-refractivity contribution < 1.29 is 4.74 Å². The molecule has 1 rings (SSSR count). The van der Waals surface area contributed by atoms with Gasteiger partial charge in [-0.3, -0.25) is 4.99 Å². The van der Waals surface area contributed by atoms with Gasteiger partial charge in [0.05, 0.1) is 7.11 Å². The van der Waals surface area contributed by atoms with Crippen LogP contribution in [0.2, 0.25) is 5.02 Å². The topological polar surface area (TPSA) is 45.7 Å². The lowest BCUT2D eigenvalue weighted by atomic mass is 10.2. The van der Waals surface area contributed by atoms with Gasteiger partial charge in [-0.1, -0.05) is 31.5 Å². The van der Waals surface area contributed by atoms with Crippen LogP contribution in [0.25, 0.3) is 0 Å². The Kier molecular flexibility index (Phi) is 9.75. The van der Waals surface area contributed by atoms with Gasteiger partial charge in [-0.2, -0.15) is 0 Å². The molecule has 0 aromatic heterocycles. The number of nitrogens with one attached hydrogen (secondary N) is 2. The molecule has 0 fully saturated rings. The molecule has 0 radical (unpaired) electrons. The van der Waals surface area contributed by atoms with E-state index in [4.69, 9.17) is 16.3 Å². The summed E-state index contributed by atoms with van der Waals surface area (Å²) in [7, 11) is 3.40. The molecule has 0 spiro atoms. The minimum atomic E-state index is 0. The van der Waals surface area contributed by atoms with E-state index < -0.39 is 0 Å². The molecule has 0 unspecified atom stereocenters. The van der Waals surface area contributed by atoms with Gasteiger partial charge in [-0.15, -0.1) is 24.0 Å². The highest BCUT2D eigenvalue weighted by Gasteiger charge is 2.05. The summed E-state index contributed by atoms with van der Waals surface area (Å²) in [5.41, 5.74) is 1.04. The zero-order chi connectivity index (χ0) is 14.3. The normalized spacial score (nSPS) is 11.0. The zero-order valence-electron chi connectivity index (χ0n) is 12.4. The molecule has 0 bridgehead atoms. The van der Waals surface area contributed by atoms with Crippen molar-refractivity contribution in [2.24, 2.45) is 10.9 Å². The number of halogens is 2. The first-order chi connectivity index (χ1) is 9.06. The fourth-order valence-electron chi connectivity index (χ4n) is 1.56. The maximum atomic E-state index is 5.93. The van der Waals surface area contributed by atoms with Gasteiger partial charge in [0.2, 0.25) is 0 Å². The standard InChI is InChI=1S/C14H22ClN3O.HI/c1-10(2)8-17-14(16-3)18-9-11-5-6-12(15)7-13(11)19-4;/h5-7,10H,8-9H2,1-4H3,(H2,16,17,18);1H. The van der Waals surface area contributed by atoms with Crippen LogP contribution in [0.4, 0.5) is 0 Å². The SMILES string of the molecule is CN=C(NCc1ccc(Cl)cc1OC)NCC(C)C.I. The molecule has 4 nitrogen and oxygen atoms in total. The molecule has 0 aliphatic heterocycles. The van der Waals surface area contributed by atoms with Crippen molar-refractivity contribution in [3.63, 3.8) is 0 Å². The molecule has 0 atom stereocenters. The van der Waals surface area contributed by atoms with Crippen molar-refractivity contribution in [3.8, 4) is 5.75 Å². The van der Waals surface area contributed by atoms with E-state index in [1.54, 1.807) is 14.2 Å². The first-order valence-electron chi connectivity index (χ1n) is 6.33. The van der Waals surface area contributed by atoms with Crippen LogP contribution in [0.5, 0.6) is 5.75 Å². The Morgan fingerprint density at radius 3 is 2.60 bits per heavy atom. The van der Waals surface area contributed by atoms with Gasteiger partial charge in [0.25, 0.3) is 0 Å². The van der Waals surface area contributed by atoms with Gasteiger partial charge in [0.1, 0.15) is 5.75 Å². The molecule has 2 N–H and O–H groups in total. The molecule has 6 heteroatoms. The van der Waals surface area contributed by atoms with Gasteiger partial charge in [-0.25, -0.2) is 0 Å². The first-order valence-corrected chi connectivity index (χ1v) is 6.71. The Morgan fingerprint density at radius 1 is 1.35 bits per heavy atom. The van der Waals surface area contributed by atoms with Gasteiger partial charge < -0.3 is 15.4 Å². The van der Waals surface area contributed by atoms with E-state index in [9.17, 15) is 0 Å². The van der Waals surface area contributed by atoms with Crippen LogP contribution in [0.15, 0.2) is 23.2 Å². The molecule has 114 valence electrons. The predicted molar refractivity (Wildman–Crippen MR) is 96.5 cm³/mol. The molecule has 0 aliphatic rings. The molecule has 20 heavy (non-hydrogen) atoms. The minimum Gasteiger partial charge on any atom is -0.496 e. The van der Waals surface area contributed by atoms with Crippen molar-refractivity contribution in [3.05, 3.63) is 28.8 Å². The molecule has 0 saturated heterocycles. The summed E-state index contributed by atoms with van der Waals surface area (Å²) in [6.45, 7) is 5.83. The van der Waals surface area contributed by atoms with Crippen LogP contribution in [0, 0.1) is 5.92 Å². The Labute approximate surface area is 143 Å². The predicted octanol–water partition coefficient (Wildman–Crippen LogP) is 3.29. The number of ether oxygens (including phenoxy) is 1. The molecular weight excluding hydrogens is 389 g/mol. The van der Waals surface area contributed by atoms with E-state index in [1.165, 1.54) is 0 Å². The first kappa shape index (κ1) is 19.3. The van der Waals surface area contributed by atoms with Crippen LogP contribution < -0.4 is 15.4 Å². The summed E-state index contributed by atoms with van der Waals surface area (Å²) in [6, 6.07) is 5.61. The monoisotopic (exact) mass is 411 g/mol. The average Bonchev–Trinajstić information content (AvgIpc) is 2.39. The molecule has 0 saturated carbocycles. The number of benzene rings is 1. The smallest absolute Gasteiger partial charge is 0.191 e. The molecule has 0 aliphatic carbocycles. The number of aliphatic imine (C=N–C) groups is 1. The maximum absolute atomic E-state index is 5.93. The number of hydrogen-bond acceptors (Lipinski definition) is 2. The van der Waals surface area contributed by atoms with Crippen molar-refractivity contribution in [1.82, 2.24) is 10.6 Å². The van der Waals surface area contributed by atoms with E-state index >= 15 is 0 Å². The Bertz CT molecular complexity index is 438. The van der Waals surface area contributed by atoms with E-state index in [0.717, 1.165) is 23.8 Å². The maximum Gasteiger partial charge on any atom is 0.191 e. The van der Waals surface area contributed by atoms with Crippen molar-refractivity contribution in [2.75, 3.05) is 20.7 Å². The summed E-state index contributed by atoms with van der Waals surface area (Å²) in [6.07, 6.45) is 0. The van der Waals surface area contributed by atoms with E-state index in [-0.39, 0.29) is 24.0 Å². The summed E-state index contributed by atoms with van der Waals surface area (Å²) in [4.78, 5) is 4.18. The van der Waals surface area contributed by atoms with Crippen molar-refractivity contribution in [1.29, 1.82) is 0 Å². The number of hydrogen-bond donors (Lipinski definition) is 2. The third-order valence-electron chi connectivity index (χ3n) is 2.60. The highest BCUT2D eigenvalue weighted by atomic mass is 127. The van der Waals surface area contributed by atoms with Gasteiger partial charge in [0, 0.05) is 30.7 Å². The summed E-state index contributed by atoms with van der Waals surface area (Å²) in [5, 5.41) is 7.18. The number of nitrogens with zero attached hydrogens (tertiary/aromatic N) is 1. The highest BCUT2D eigenvalue weighted by Crippen LogP contribution is 2.22.